The fourth-order valence-corrected chi connectivity index (χ4v) is 3.74. The third-order valence-corrected chi connectivity index (χ3v) is 5.39. The molecule has 2 aromatic heterocycles. The number of carboxylic acids is 1. The van der Waals surface area contributed by atoms with Gasteiger partial charge in [-0.2, -0.15) is 0 Å². The molecule has 0 atom stereocenters. The molecule has 0 fully saturated rings. The van der Waals surface area contributed by atoms with Gasteiger partial charge in [-0.15, -0.1) is 12.4 Å². The number of pyridine rings is 1. The van der Waals surface area contributed by atoms with Gasteiger partial charge in [0.15, 0.2) is 0 Å². The molecule has 4 aromatic rings. The highest BCUT2D eigenvalue weighted by Gasteiger charge is 2.12. The highest BCUT2D eigenvalue weighted by Crippen LogP contribution is 2.27. The number of carbonyl (C=O) groups is 1. The number of carboxylic acid groups (broad SMARTS) is 1. The maximum atomic E-state index is 11.0. The fraction of sp³-hybridized carbons (Fsp3) is 0.200. The van der Waals surface area contributed by atoms with Crippen molar-refractivity contribution in [1.82, 2.24) is 9.55 Å². The van der Waals surface area contributed by atoms with Crippen LogP contribution in [0.5, 0.6) is 0 Å². The third kappa shape index (κ3) is 5.25. The van der Waals surface area contributed by atoms with Crippen LogP contribution in [0.25, 0.3) is 16.7 Å². The van der Waals surface area contributed by atoms with Crippen molar-refractivity contribution < 1.29 is 9.90 Å². The minimum Gasteiger partial charge on any atom is -0.481 e. The number of halogens is 1. The number of nitrogens with zero attached hydrogens (tertiary/aromatic N) is 2. The average Bonchev–Trinajstić information content (AvgIpc) is 3.15. The number of nitrogens with one attached hydrogen (secondary N) is 1. The lowest BCUT2D eigenvalue weighted by molar-refractivity contribution is -0.136. The quantitative estimate of drug-likeness (QED) is 0.394. The van der Waals surface area contributed by atoms with Gasteiger partial charge in [0.1, 0.15) is 5.82 Å². The Hall–Kier alpha value is -3.31. The summed E-state index contributed by atoms with van der Waals surface area (Å²) in [6.07, 6.45) is 6.51. The Balaban J connectivity index is 0.00000272. The lowest BCUT2D eigenvalue weighted by Gasteiger charge is -2.06. The highest BCUT2D eigenvalue weighted by atomic mass is 35.5. The second-order valence-electron chi connectivity index (χ2n) is 7.41. The number of benzene rings is 2. The Bertz CT molecular complexity index is 1150. The summed E-state index contributed by atoms with van der Waals surface area (Å²) in [5.41, 5.74) is 5.64. The van der Waals surface area contributed by atoms with E-state index in [0.717, 1.165) is 40.8 Å². The van der Waals surface area contributed by atoms with Crippen LogP contribution in [0, 0.1) is 0 Å². The molecule has 2 aromatic carbocycles. The van der Waals surface area contributed by atoms with Crippen molar-refractivity contribution in [2.75, 3.05) is 12.4 Å². The molecule has 0 spiro atoms. The van der Waals surface area contributed by atoms with Crippen molar-refractivity contribution in [3.05, 3.63) is 89.7 Å². The molecule has 0 aliphatic heterocycles. The Morgan fingerprint density at radius 1 is 1.00 bits per heavy atom. The molecule has 31 heavy (non-hydrogen) atoms. The maximum absolute atomic E-state index is 11.0. The van der Waals surface area contributed by atoms with E-state index < -0.39 is 5.97 Å². The summed E-state index contributed by atoms with van der Waals surface area (Å²) < 4.78 is 2.12. The van der Waals surface area contributed by atoms with Crippen molar-refractivity contribution in [3.63, 3.8) is 0 Å². The van der Waals surface area contributed by atoms with Gasteiger partial charge in [-0.25, -0.2) is 4.98 Å². The first-order valence-corrected chi connectivity index (χ1v) is 10.2. The number of aryl methyl sites for hydroxylation is 3. The molecular weight excluding hydrogens is 410 g/mol. The molecule has 0 unspecified atom stereocenters. The van der Waals surface area contributed by atoms with E-state index in [0.29, 0.717) is 6.42 Å². The molecule has 0 aliphatic rings. The summed E-state index contributed by atoms with van der Waals surface area (Å²) >= 11 is 0. The van der Waals surface area contributed by atoms with Crippen LogP contribution in [0.2, 0.25) is 0 Å². The largest absolute Gasteiger partial charge is 0.481 e. The van der Waals surface area contributed by atoms with Crippen LogP contribution < -0.4 is 5.32 Å². The second kappa shape index (κ2) is 10.1. The predicted octanol–water partition coefficient (Wildman–Crippen LogP) is 5.29. The van der Waals surface area contributed by atoms with Crippen LogP contribution in [0.4, 0.5) is 5.69 Å². The SMILES string of the molecule is CNc1ccc(-n2cc(CCc3ccccc3)c3cc(CCC(=O)O)ccc32)nc1.Cl. The highest BCUT2D eigenvalue weighted by molar-refractivity contribution is 5.86. The van der Waals surface area contributed by atoms with Gasteiger partial charge in [0.2, 0.25) is 0 Å². The van der Waals surface area contributed by atoms with Crippen molar-refractivity contribution in [2.45, 2.75) is 25.7 Å². The summed E-state index contributed by atoms with van der Waals surface area (Å²) in [6.45, 7) is 0. The van der Waals surface area contributed by atoms with Crippen molar-refractivity contribution >= 4 is 35.0 Å². The number of fused-ring (bicyclic) bond motifs is 1. The Morgan fingerprint density at radius 3 is 2.48 bits per heavy atom. The first-order valence-electron chi connectivity index (χ1n) is 10.2. The summed E-state index contributed by atoms with van der Waals surface area (Å²) in [5.74, 6) is 0.0917. The Labute approximate surface area is 188 Å². The monoisotopic (exact) mass is 435 g/mol. The molecule has 0 radical (unpaired) electrons. The third-order valence-electron chi connectivity index (χ3n) is 5.39. The van der Waals surface area contributed by atoms with Gasteiger partial charge in [-0.05, 0) is 60.2 Å². The second-order valence-corrected chi connectivity index (χ2v) is 7.41. The molecule has 6 heteroatoms. The lowest BCUT2D eigenvalue weighted by Crippen LogP contribution is -1.98. The molecule has 5 nitrogen and oxygen atoms in total. The van der Waals surface area contributed by atoms with Gasteiger partial charge in [0, 0.05) is 25.1 Å². The van der Waals surface area contributed by atoms with Gasteiger partial charge >= 0.3 is 5.97 Å². The number of hydrogen-bond acceptors (Lipinski definition) is 3. The zero-order valence-electron chi connectivity index (χ0n) is 17.4. The van der Waals surface area contributed by atoms with Gasteiger partial charge in [-0.1, -0.05) is 36.4 Å². The molecule has 4 rings (SSSR count). The van der Waals surface area contributed by atoms with E-state index >= 15 is 0 Å². The smallest absolute Gasteiger partial charge is 0.303 e. The molecule has 0 aliphatic carbocycles. The van der Waals surface area contributed by atoms with E-state index in [1.54, 1.807) is 0 Å². The van der Waals surface area contributed by atoms with E-state index in [1.165, 1.54) is 11.1 Å². The van der Waals surface area contributed by atoms with Gasteiger partial charge in [-0.3, -0.25) is 4.79 Å². The molecule has 0 saturated carbocycles. The number of anilines is 1. The summed E-state index contributed by atoms with van der Waals surface area (Å²) in [6, 6.07) is 20.7. The van der Waals surface area contributed by atoms with Crippen LogP contribution in [0.1, 0.15) is 23.1 Å². The van der Waals surface area contributed by atoms with Crippen LogP contribution in [0.15, 0.2) is 73.1 Å². The van der Waals surface area contributed by atoms with E-state index in [2.05, 4.69) is 57.5 Å². The average molecular weight is 436 g/mol. The van der Waals surface area contributed by atoms with Gasteiger partial charge in [0.25, 0.3) is 0 Å². The zero-order chi connectivity index (χ0) is 20.9. The minimum atomic E-state index is -0.772. The molecule has 0 bridgehead atoms. The van der Waals surface area contributed by atoms with Crippen LogP contribution >= 0.6 is 12.4 Å². The molecule has 0 saturated heterocycles. The Morgan fingerprint density at radius 2 is 1.81 bits per heavy atom. The van der Waals surface area contributed by atoms with Crippen LogP contribution in [-0.4, -0.2) is 27.7 Å². The number of rotatable bonds is 8. The summed E-state index contributed by atoms with van der Waals surface area (Å²) in [4.78, 5) is 15.6. The molecule has 0 amide bonds. The lowest BCUT2D eigenvalue weighted by atomic mass is 10.0. The Kier molecular flexibility index (Phi) is 7.32. The van der Waals surface area contributed by atoms with Crippen LogP contribution in [-0.2, 0) is 24.1 Å². The van der Waals surface area contributed by atoms with E-state index in [1.807, 2.05) is 37.5 Å². The maximum Gasteiger partial charge on any atom is 0.303 e. The topological polar surface area (TPSA) is 67.2 Å². The molecular formula is C25H26ClN3O2. The number of aliphatic carboxylic acids is 1. The summed E-state index contributed by atoms with van der Waals surface area (Å²) in [7, 11) is 1.88. The molecule has 2 N–H and O–H groups in total. The number of aromatic nitrogens is 2. The zero-order valence-corrected chi connectivity index (χ0v) is 18.2. The normalized spacial score (nSPS) is 10.6. The van der Waals surface area contributed by atoms with Gasteiger partial charge < -0.3 is 15.0 Å². The first-order chi connectivity index (χ1) is 14.6. The van der Waals surface area contributed by atoms with Crippen molar-refractivity contribution in [3.8, 4) is 5.82 Å². The van der Waals surface area contributed by atoms with E-state index in [-0.39, 0.29) is 18.8 Å². The van der Waals surface area contributed by atoms with Crippen molar-refractivity contribution in [1.29, 1.82) is 0 Å². The summed E-state index contributed by atoms with van der Waals surface area (Å²) in [5, 5.41) is 13.3. The van der Waals surface area contributed by atoms with Crippen molar-refractivity contribution in [2.24, 2.45) is 0 Å². The predicted molar refractivity (Wildman–Crippen MR) is 128 cm³/mol. The minimum absolute atomic E-state index is 0. The fourth-order valence-electron chi connectivity index (χ4n) is 3.74. The van der Waals surface area contributed by atoms with E-state index in [9.17, 15) is 4.79 Å². The molecule has 160 valence electrons. The first kappa shape index (κ1) is 22.4. The number of hydrogen-bond donors (Lipinski definition) is 2. The van der Waals surface area contributed by atoms with Gasteiger partial charge in [0.05, 0.1) is 17.4 Å². The standard InChI is InChI=1S/C25H25N3O2.ClH/c1-26-21-11-13-24(27-16-21)28-17-20(10-7-18-5-3-2-4-6-18)22-15-19(8-12-23(22)28)9-14-25(29)30;/h2-6,8,11-13,15-17,26H,7,9-10,14H2,1H3,(H,29,30);1H. The molecule has 2 heterocycles. The van der Waals surface area contributed by atoms with Crippen LogP contribution in [0.3, 0.4) is 0 Å². The van der Waals surface area contributed by atoms with E-state index in [4.69, 9.17) is 5.11 Å².